The van der Waals surface area contributed by atoms with Gasteiger partial charge in [-0.2, -0.15) is 0 Å². The van der Waals surface area contributed by atoms with E-state index in [1.165, 1.54) is 17.7 Å². The second-order valence-corrected chi connectivity index (χ2v) is 7.02. The predicted octanol–water partition coefficient (Wildman–Crippen LogP) is 2.16. The fourth-order valence-electron chi connectivity index (χ4n) is 3.03. The van der Waals surface area contributed by atoms with Crippen molar-refractivity contribution in [3.05, 3.63) is 22.4 Å². The van der Waals surface area contributed by atoms with Crippen LogP contribution >= 0.6 is 11.3 Å². The summed E-state index contributed by atoms with van der Waals surface area (Å²) in [6, 6.07) is 4.46. The number of carbonyl (C=O) groups is 1. The molecule has 1 amide bonds. The lowest BCUT2D eigenvalue weighted by molar-refractivity contribution is -0.132. The summed E-state index contributed by atoms with van der Waals surface area (Å²) >= 11 is 1.70. The second-order valence-electron chi connectivity index (χ2n) is 5.99. The van der Waals surface area contributed by atoms with Gasteiger partial charge in [0.2, 0.25) is 5.91 Å². The highest BCUT2D eigenvalue weighted by molar-refractivity contribution is 7.09. The zero-order valence-corrected chi connectivity index (χ0v) is 13.9. The van der Waals surface area contributed by atoms with E-state index in [2.05, 4.69) is 17.9 Å². The third-order valence-corrected chi connectivity index (χ3v) is 5.39. The number of nitrogens with zero attached hydrogens (tertiary/aromatic N) is 2. The number of thiophene rings is 1. The van der Waals surface area contributed by atoms with Crippen LogP contribution in [0.4, 0.5) is 0 Å². The minimum absolute atomic E-state index is 0.191. The quantitative estimate of drug-likeness (QED) is 0.876. The van der Waals surface area contributed by atoms with Crippen LogP contribution in [0.25, 0.3) is 0 Å². The summed E-state index contributed by atoms with van der Waals surface area (Å²) in [5, 5.41) is 2.05. The van der Waals surface area contributed by atoms with E-state index in [1.54, 1.807) is 11.3 Å². The molecule has 1 saturated heterocycles. The van der Waals surface area contributed by atoms with Crippen LogP contribution in [0, 0.1) is 5.92 Å². The maximum atomic E-state index is 12.4. The Balaban J connectivity index is 1.86. The molecule has 0 aliphatic carbocycles. The molecule has 1 aromatic rings. The Bertz CT molecular complexity index is 435. The van der Waals surface area contributed by atoms with Crippen LogP contribution in [0.1, 0.15) is 31.1 Å². The molecule has 1 aromatic heterocycles. The first-order valence-corrected chi connectivity index (χ1v) is 8.72. The van der Waals surface area contributed by atoms with E-state index in [0.29, 0.717) is 25.7 Å². The highest BCUT2D eigenvalue weighted by atomic mass is 32.1. The molecule has 0 saturated carbocycles. The summed E-state index contributed by atoms with van der Waals surface area (Å²) in [6.45, 7) is 5.10. The van der Waals surface area contributed by atoms with E-state index in [0.717, 1.165) is 18.9 Å². The average Bonchev–Trinajstić information content (AvgIpc) is 3.00. The zero-order chi connectivity index (χ0) is 15.2. The number of hydrogen-bond donors (Lipinski definition) is 1. The number of carbonyl (C=O) groups excluding carboxylic acids is 1. The zero-order valence-electron chi connectivity index (χ0n) is 13.1. The number of piperidine rings is 1. The van der Waals surface area contributed by atoms with Crippen molar-refractivity contribution in [2.24, 2.45) is 11.7 Å². The van der Waals surface area contributed by atoms with Gasteiger partial charge >= 0.3 is 0 Å². The molecule has 2 N–H and O–H groups in total. The molecule has 1 aliphatic rings. The number of likely N-dealkylation sites (N-methyl/N-ethyl adjacent to an activating group) is 1. The van der Waals surface area contributed by atoms with Gasteiger partial charge in [0.05, 0.1) is 13.1 Å². The highest BCUT2D eigenvalue weighted by Gasteiger charge is 2.28. The maximum absolute atomic E-state index is 12.4. The van der Waals surface area contributed by atoms with Gasteiger partial charge in [-0.15, -0.1) is 11.3 Å². The number of hydrogen-bond acceptors (Lipinski definition) is 4. The van der Waals surface area contributed by atoms with Crippen molar-refractivity contribution in [1.29, 1.82) is 0 Å². The van der Waals surface area contributed by atoms with Gasteiger partial charge in [0.15, 0.2) is 0 Å². The smallest absolute Gasteiger partial charge is 0.236 e. The first kappa shape index (κ1) is 16.5. The van der Waals surface area contributed by atoms with Gasteiger partial charge in [0, 0.05) is 24.5 Å². The van der Waals surface area contributed by atoms with E-state index in [-0.39, 0.29) is 5.91 Å². The van der Waals surface area contributed by atoms with Crippen LogP contribution in [-0.2, 0) is 11.3 Å². The highest BCUT2D eigenvalue weighted by Crippen LogP contribution is 2.24. The van der Waals surface area contributed by atoms with Gasteiger partial charge < -0.3 is 10.6 Å². The van der Waals surface area contributed by atoms with Gasteiger partial charge in [0.25, 0.3) is 0 Å². The lowest BCUT2D eigenvalue weighted by atomic mass is 9.89. The minimum Gasteiger partial charge on any atom is -0.340 e. The van der Waals surface area contributed by atoms with E-state index in [1.807, 2.05) is 23.4 Å². The molecule has 2 rings (SSSR count). The molecule has 1 aliphatic heterocycles. The van der Waals surface area contributed by atoms with Crippen LogP contribution in [-0.4, -0.2) is 48.4 Å². The predicted molar refractivity (Wildman–Crippen MR) is 88.2 cm³/mol. The second kappa shape index (κ2) is 7.92. The van der Waals surface area contributed by atoms with Crippen molar-refractivity contribution in [2.75, 3.05) is 26.7 Å². The van der Waals surface area contributed by atoms with Gasteiger partial charge in [-0.25, -0.2) is 0 Å². The number of likely N-dealkylation sites (tertiary alicyclic amines) is 1. The minimum atomic E-state index is 0.191. The fourth-order valence-corrected chi connectivity index (χ4v) is 3.78. The summed E-state index contributed by atoms with van der Waals surface area (Å²) < 4.78 is 0. The van der Waals surface area contributed by atoms with Gasteiger partial charge in [-0.1, -0.05) is 19.4 Å². The number of amides is 1. The lowest BCUT2D eigenvalue weighted by Crippen LogP contribution is -2.50. The Morgan fingerprint density at radius 2 is 2.38 bits per heavy atom. The van der Waals surface area contributed by atoms with Crippen LogP contribution in [0.15, 0.2) is 17.5 Å². The van der Waals surface area contributed by atoms with Gasteiger partial charge in [0.1, 0.15) is 0 Å². The largest absolute Gasteiger partial charge is 0.340 e. The topological polar surface area (TPSA) is 49.6 Å². The molecular weight excluding hydrogens is 282 g/mol. The molecule has 0 radical (unpaired) electrons. The Morgan fingerprint density at radius 3 is 3.00 bits per heavy atom. The van der Waals surface area contributed by atoms with E-state index >= 15 is 0 Å². The van der Waals surface area contributed by atoms with Crippen molar-refractivity contribution in [1.82, 2.24) is 9.80 Å². The average molecular weight is 309 g/mol. The SMILES string of the molecule is CCC1CCN(CC(=O)N(C)Cc2cccs2)C(CN)C1. The molecule has 2 unspecified atom stereocenters. The molecule has 1 fully saturated rings. The van der Waals surface area contributed by atoms with Crippen molar-refractivity contribution < 1.29 is 4.79 Å². The third kappa shape index (κ3) is 4.53. The molecule has 0 spiro atoms. The maximum Gasteiger partial charge on any atom is 0.236 e. The first-order chi connectivity index (χ1) is 10.1. The normalized spacial score (nSPS) is 23.2. The molecule has 118 valence electrons. The molecule has 21 heavy (non-hydrogen) atoms. The third-order valence-electron chi connectivity index (χ3n) is 4.53. The number of nitrogens with two attached hydrogens (primary N) is 1. The summed E-state index contributed by atoms with van der Waals surface area (Å²) in [5.41, 5.74) is 5.91. The number of rotatable bonds is 6. The van der Waals surface area contributed by atoms with E-state index in [4.69, 9.17) is 5.73 Å². The summed E-state index contributed by atoms with van der Waals surface area (Å²) in [6.07, 6.45) is 3.54. The Morgan fingerprint density at radius 1 is 1.57 bits per heavy atom. The van der Waals surface area contributed by atoms with Gasteiger partial charge in [-0.05, 0) is 36.8 Å². The fraction of sp³-hybridized carbons (Fsp3) is 0.688. The van der Waals surface area contributed by atoms with Gasteiger partial charge in [-0.3, -0.25) is 9.69 Å². The molecule has 0 bridgehead atoms. The van der Waals surface area contributed by atoms with Crippen LogP contribution in [0.2, 0.25) is 0 Å². The molecule has 2 heterocycles. The Hall–Kier alpha value is -0.910. The molecule has 5 heteroatoms. The van der Waals surface area contributed by atoms with Crippen LogP contribution < -0.4 is 5.73 Å². The molecule has 0 aromatic carbocycles. The Labute approximate surface area is 131 Å². The molecule has 2 atom stereocenters. The molecular formula is C16H27N3OS. The van der Waals surface area contributed by atoms with Crippen molar-refractivity contribution in [3.63, 3.8) is 0 Å². The molecule has 4 nitrogen and oxygen atoms in total. The lowest BCUT2D eigenvalue weighted by Gasteiger charge is -2.39. The first-order valence-electron chi connectivity index (χ1n) is 7.84. The summed E-state index contributed by atoms with van der Waals surface area (Å²) in [5.74, 6) is 0.963. The monoisotopic (exact) mass is 309 g/mol. The van der Waals surface area contributed by atoms with Crippen LogP contribution in [0.3, 0.4) is 0 Å². The van der Waals surface area contributed by atoms with Crippen molar-refractivity contribution >= 4 is 17.2 Å². The van der Waals surface area contributed by atoms with Crippen molar-refractivity contribution in [2.45, 2.75) is 38.8 Å². The summed E-state index contributed by atoms with van der Waals surface area (Å²) in [7, 11) is 1.89. The Kier molecular flexibility index (Phi) is 6.21. The van der Waals surface area contributed by atoms with Crippen LogP contribution in [0.5, 0.6) is 0 Å². The summed E-state index contributed by atoms with van der Waals surface area (Å²) in [4.78, 5) is 17.7. The standard InChI is InChI=1S/C16H27N3OS/c1-3-13-6-7-19(14(9-13)10-17)12-16(20)18(2)11-15-5-4-8-21-15/h4-5,8,13-14H,3,6-7,9-12,17H2,1-2H3. The van der Waals surface area contributed by atoms with E-state index < -0.39 is 0 Å². The van der Waals surface area contributed by atoms with Crippen molar-refractivity contribution in [3.8, 4) is 0 Å². The van der Waals surface area contributed by atoms with E-state index in [9.17, 15) is 4.79 Å².